The largest absolute Gasteiger partial charge is 0.550 e. The van der Waals surface area contributed by atoms with E-state index in [-0.39, 0.29) is 6.42 Å². The van der Waals surface area contributed by atoms with Crippen molar-refractivity contribution in [3.63, 3.8) is 0 Å². The van der Waals surface area contributed by atoms with E-state index in [1.54, 1.807) is 42.5 Å². The van der Waals surface area contributed by atoms with Crippen LogP contribution in [0.3, 0.4) is 0 Å². The number of halogens is 1. The molecule has 0 aliphatic carbocycles. The van der Waals surface area contributed by atoms with Gasteiger partial charge in [0.05, 0.1) is 19.3 Å². The molecule has 2 aromatic carbocycles. The molecule has 0 fully saturated rings. The fourth-order valence-corrected chi connectivity index (χ4v) is 2.67. The first-order valence-electron chi connectivity index (χ1n) is 8.60. The van der Waals surface area contributed by atoms with E-state index in [0.717, 1.165) is 0 Å². The Balaban J connectivity index is 2.24. The third kappa shape index (κ3) is 5.89. The number of carbonyl (C=O) groups excluding carboxylic acids is 2. The maximum absolute atomic E-state index is 12.7. The Morgan fingerprint density at radius 2 is 1.67 bits per heavy atom. The molecular formula is C20H21ClNO5-. The predicted octanol–water partition coefficient (Wildman–Crippen LogP) is 2.75. The molecule has 0 spiro atoms. The van der Waals surface area contributed by atoms with Gasteiger partial charge in [-0.1, -0.05) is 23.7 Å². The van der Waals surface area contributed by atoms with E-state index < -0.39 is 17.9 Å². The third-order valence-corrected chi connectivity index (χ3v) is 4.01. The number of aliphatic carboxylic acids is 1. The van der Waals surface area contributed by atoms with E-state index in [4.69, 9.17) is 21.1 Å². The molecule has 2 rings (SSSR count). The quantitative estimate of drug-likeness (QED) is 0.711. The van der Waals surface area contributed by atoms with Crippen molar-refractivity contribution in [2.24, 2.45) is 0 Å². The van der Waals surface area contributed by atoms with Crippen molar-refractivity contribution in [3.8, 4) is 11.5 Å². The van der Waals surface area contributed by atoms with Crippen LogP contribution in [-0.2, 0) is 4.79 Å². The van der Waals surface area contributed by atoms with Crippen molar-refractivity contribution in [1.82, 2.24) is 5.32 Å². The molecule has 1 amide bonds. The lowest BCUT2D eigenvalue weighted by Crippen LogP contribution is -2.34. The number of carboxylic acids is 1. The second-order valence-corrected chi connectivity index (χ2v) is 6.12. The van der Waals surface area contributed by atoms with Crippen LogP contribution >= 0.6 is 11.6 Å². The standard InChI is InChI=1S/C20H22ClNO5/c1-3-26-17-10-7-14(11-18(17)27-4-2)20(25)22-16(12-19(23)24)13-5-8-15(21)9-6-13/h5-11,16H,3-4,12H2,1-2H3,(H,22,25)(H,23,24)/p-1. The van der Waals surface area contributed by atoms with Gasteiger partial charge in [-0.25, -0.2) is 0 Å². The molecule has 0 aliphatic rings. The van der Waals surface area contributed by atoms with Crippen molar-refractivity contribution in [3.05, 3.63) is 58.6 Å². The van der Waals surface area contributed by atoms with Gasteiger partial charge in [-0.2, -0.15) is 0 Å². The van der Waals surface area contributed by atoms with Crippen LogP contribution in [0.2, 0.25) is 5.02 Å². The summed E-state index contributed by atoms with van der Waals surface area (Å²) in [6, 6.07) is 10.7. The number of hydrogen-bond acceptors (Lipinski definition) is 5. The summed E-state index contributed by atoms with van der Waals surface area (Å²) in [6.07, 6.45) is -0.358. The fourth-order valence-electron chi connectivity index (χ4n) is 2.55. The van der Waals surface area contributed by atoms with Gasteiger partial charge < -0.3 is 24.7 Å². The molecular weight excluding hydrogens is 370 g/mol. The van der Waals surface area contributed by atoms with Gasteiger partial charge in [-0.3, -0.25) is 4.79 Å². The monoisotopic (exact) mass is 390 g/mol. The lowest BCUT2D eigenvalue weighted by Gasteiger charge is -2.20. The number of benzene rings is 2. The molecule has 2 aromatic rings. The van der Waals surface area contributed by atoms with Crippen molar-refractivity contribution >= 4 is 23.5 Å². The number of rotatable bonds is 9. The average Bonchev–Trinajstić information content (AvgIpc) is 2.63. The smallest absolute Gasteiger partial charge is 0.251 e. The van der Waals surface area contributed by atoms with Crippen LogP contribution in [0.5, 0.6) is 11.5 Å². The SMILES string of the molecule is CCOc1ccc(C(=O)NC(CC(=O)[O-])c2ccc(Cl)cc2)cc1OCC. The summed E-state index contributed by atoms with van der Waals surface area (Å²) in [4.78, 5) is 23.8. The molecule has 1 N–H and O–H groups in total. The molecule has 0 radical (unpaired) electrons. The van der Waals surface area contributed by atoms with Gasteiger partial charge in [0.25, 0.3) is 5.91 Å². The van der Waals surface area contributed by atoms with E-state index in [1.165, 1.54) is 0 Å². The Morgan fingerprint density at radius 1 is 1.04 bits per heavy atom. The van der Waals surface area contributed by atoms with Crippen LogP contribution < -0.4 is 19.9 Å². The number of hydrogen-bond donors (Lipinski definition) is 1. The summed E-state index contributed by atoms with van der Waals surface area (Å²) in [5, 5.41) is 14.3. The first-order chi connectivity index (χ1) is 12.9. The Hall–Kier alpha value is -2.73. The molecule has 0 aliphatic heterocycles. The first-order valence-corrected chi connectivity index (χ1v) is 8.98. The molecule has 1 unspecified atom stereocenters. The normalized spacial score (nSPS) is 11.5. The number of amides is 1. The zero-order valence-electron chi connectivity index (χ0n) is 15.2. The molecule has 0 heterocycles. The third-order valence-electron chi connectivity index (χ3n) is 3.75. The minimum Gasteiger partial charge on any atom is -0.550 e. The fraction of sp³-hybridized carbons (Fsp3) is 0.300. The summed E-state index contributed by atoms with van der Waals surface area (Å²) in [6.45, 7) is 4.57. The zero-order chi connectivity index (χ0) is 19.8. The Kier molecular flexibility index (Phi) is 7.49. The van der Waals surface area contributed by atoms with Crippen molar-refractivity contribution in [2.45, 2.75) is 26.3 Å². The van der Waals surface area contributed by atoms with Gasteiger partial charge in [-0.15, -0.1) is 0 Å². The van der Waals surface area contributed by atoms with E-state index >= 15 is 0 Å². The van der Waals surface area contributed by atoms with Gasteiger partial charge in [0.2, 0.25) is 0 Å². The summed E-state index contributed by atoms with van der Waals surface area (Å²) >= 11 is 5.87. The van der Waals surface area contributed by atoms with Crippen LogP contribution in [0.25, 0.3) is 0 Å². The van der Waals surface area contributed by atoms with E-state index in [1.807, 2.05) is 13.8 Å². The van der Waals surface area contributed by atoms with E-state index in [9.17, 15) is 14.7 Å². The van der Waals surface area contributed by atoms with Crippen molar-refractivity contribution < 1.29 is 24.2 Å². The first kappa shape index (κ1) is 20.6. The highest BCUT2D eigenvalue weighted by atomic mass is 35.5. The van der Waals surface area contributed by atoms with Crippen LogP contribution in [0.1, 0.15) is 42.2 Å². The topological polar surface area (TPSA) is 87.7 Å². The second kappa shape index (κ2) is 9.83. The molecule has 27 heavy (non-hydrogen) atoms. The van der Waals surface area contributed by atoms with Gasteiger partial charge in [0.1, 0.15) is 0 Å². The van der Waals surface area contributed by atoms with Crippen molar-refractivity contribution in [1.29, 1.82) is 0 Å². The van der Waals surface area contributed by atoms with Gasteiger partial charge in [0.15, 0.2) is 11.5 Å². The van der Waals surface area contributed by atoms with Crippen molar-refractivity contribution in [2.75, 3.05) is 13.2 Å². The Labute approximate surface area is 163 Å². The lowest BCUT2D eigenvalue weighted by atomic mass is 10.0. The van der Waals surface area contributed by atoms with E-state index in [0.29, 0.717) is 40.9 Å². The zero-order valence-corrected chi connectivity index (χ0v) is 15.9. The summed E-state index contributed by atoms with van der Waals surface area (Å²) < 4.78 is 11.0. The Morgan fingerprint density at radius 3 is 2.26 bits per heavy atom. The minimum absolute atomic E-state index is 0.333. The molecule has 0 saturated heterocycles. The van der Waals surface area contributed by atoms with E-state index in [2.05, 4.69) is 5.32 Å². The second-order valence-electron chi connectivity index (χ2n) is 5.68. The highest BCUT2D eigenvalue weighted by Crippen LogP contribution is 2.29. The molecule has 0 aromatic heterocycles. The number of carboxylic acid groups (broad SMARTS) is 1. The number of carbonyl (C=O) groups is 2. The van der Waals surface area contributed by atoms with Gasteiger partial charge >= 0.3 is 0 Å². The highest BCUT2D eigenvalue weighted by Gasteiger charge is 2.18. The van der Waals surface area contributed by atoms with Gasteiger partial charge in [0, 0.05) is 23.0 Å². The minimum atomic E-state index is -1.27. The Bertz CT molecular complexity index is 791. The summed E-state index contributed by atoms with van der Waals surface area (Å²) in [5.74, 6) is -0.702. The molecule has 7 heteroatoms. The summed E-state index contributed by atoms with van der Waals surface area (Å²) in [7, 11) is 0. The molecule has 1 atom stereocenters. The predicted molar refractivity (Wildman–Crippen MR) is 100 cm³/mol. The van der Waals surface area contributed by atoms with Crippen LogP contribution in [0, 0.1) is 0 Å². The maximum atomic E-state index is 12.7. The maximum Gasteiger partial charge on any atom is 0.251 e. The number of ether oxygens (including phenoxy) is 2. The summed E-state index contributed by atoms with van der Waals surface area (Å²) in [5.41, 5.74) is 0.951. The highest BCUT2D eigenvalue weighted by molar-refractivity contribution is 6.30. The molecule has 144 valence electrons. The number of nitrogens with one attached hydrogen (secondary N) is 1. The molecule has 0 saturated carbocycles. The van der Waals surface area contributed by atoms with Crippen LogP contribution in [0.15, 0.2) is 42.5 Å². The molecule has 6 nitrogen and oxygen atoms in total. The van der Waals surface area contributed by atoms with Crippen LogP contribution in [-0.4, -0.2) is 25.1 Å². The van der Waals surface area contributed by atoms with Gasteiger partial charge in [-0.05, 0) is 49.7 Å². The molecule has 0 bridgehead atoms. The average molecular weight is 391 g/mol. The van der Waals surface area contributed by atoms with Crippen LogP contribution in [0.4, 0.5) is 0 Å². The lowest BCUT2D eigenvalue weighted by molar-refractivity contribution is -0.306.